The molecule has 0 aromatic heterocycles. The van der Waals surface area contributed by atoms with Crippen LogP contribution in [0.15, 0.2) is 12.1 Å². The van der Waals surface area contributed by atoms with E-state index in [4.69, 9.17) is 11.6 Å². The van der Waals surface area contributed by atoms with Gasteiger partial charge in [0.05, 0.1) is 21.8 Å². The van der Waals surface area contributed by atoms with Crippen LogP contribution in [-0.2, 0) is 11.0 Å². The number of alkyl halides is 3. The fourth-order valence-corrected chi connectivity index (χ4v) is 1.66. The van der Waals surface area contributed by atoms with Gasteiger partial charge in [0.1, 0.15) is 0 Å². The molecule has 1 aliphatic rings. The van der Waals surface area contributed by atoms with Gasteiger partial charge in [-0.05, 0) is 12.1 Å². The van der Waals surface area contributed by atoms with Gasteiger partial charge in [0, 0.05) is 0 Å². The van der Waals surface area contributed by atoms with E-state index >= 15 is 0 Å². The fraction of sp³-hybridized carbons (Fsp3) is 0.111. The first-order chi connectivity index (χ1) is 7.32. The highest BCUT2D eigenvalue weighted by Crippen LogP contribution is 2.40. The van der Waals surface area contributed by atoms with Gasteiger partial charge in [0.2, 0.25) is 0 Å². The maximum Gasteiger partial charge on any atom is 0.417 e. The third-order valence-corrected chi connectivity index (χ3v) is 2.45. The van der Waals surface area contributed by atoms with Crippen molar-refractivity contribution in [2.24, 2.45) is 0 Å². The predicted octanol–water partition coefficient (Wildman–Crippen LogP) is 2.49. The molecule has 1 aromatic rings. The number of hydrogen-bond donors (Lipinski definition) is 1. The number of Topliss-reactive ketones (excluding diaryl/α,β-unsaturated/α-hetero) is 1. The molecule has 0 saturated carbocycles. The van der Waals surface area contributed by atoms with Crippen LogP contribution in [0.4, 0.5) is 18.9 Å². The molecule has 0 radical (unpaired) electrons. The molecule has 0 fully saturated rings. The Morgan fingerprint density at radius 2 is 1.81 bits per heavy atom. The summed E-state index contributed by atoms with van der Waals surface area (Å²) < 4.78 is 37.6. The zero-order valence-electron chi connectivity index (χ0n) is 7.48. The Morgan fingerprint density at radius 1 is 1.19 bits per heavy atom. The molecule has 1 aromatic carbocycles. The van der Waals surface area contributed by atoms with Gasteiger partial charge in [-0.2, -0.15) is 13.2 Å². The zero-order valence-corrected chi connectivity index (χ0v) is 8.24. The van der Waals surface area contributed by atoms with E-state index in [1.807, 2.05) is 5.32 Å². The average molecular weight is 250 g/mol. The monoisotopic (exact) mass is 249 g/mol. The van der Waals surface area contributed by atoms with Crippen LogP contribution in [0.1, 0.15) is 15.9 Å². The van der Waals surface area contributed by atoms with Crippen molar-refractivity contribution in [1.82, 2.24) is 0 Å². The number of hydrogen-bond acceptors (Lipinski definition) is 2. The molecule has 1 aliphatic heterocycles. The van der Waals surface area contributed by atoms with E-state index in [9.17, 15) is 22.8 Å². The molecule has 16 heavy (non-hydrogen) atoms. The van der Waals surface area contributed by atoms with Crippen molar-refractivity contribution in [3.8, 4) is 0 Å². The number of benzene rings is 1. The average Bonchev–Trinajstić information content (AvgIpc) is 2.44. The van der Waals surface area contributed by atoms with Crippen LogP contribution >= 0.6 is 11.6 Å². The second-order valence-electron chi connectivity index (χ2n) is 3.13. The minimum atomic E-state index is -4.70. The minimum absolute atomic E-state index is 0.0952. The number of carbonyl (C=O) groups is 2. The molecule has 3 nitrogen and oxygen atoms in total. The van der Waals surface area contributed by atoms with Gasteiger partial charge in [0.15, 0.2) is 0 Å². The van der Waals surface area contributed by atoms with E-state index in [2.05, 4.69) is 0 Å². The Hall–Kier alpha value is -1.56. The molecule has 84 valence electrons. The number of carbonyl (C=O) groups excluding carboxylic acids is 2. The molecular formula is C9H3ClF3NO2. The van der Waals surface area contributed by atoms with Crippen molar-refractivity contribution in [2.75, 3.05) is 5.32 Å². The lowest BCUT2D eigenvalue weighted by Gasteiger charge is -2.10. The van der Waals surface area contributed by atoms with E-state index in [1.54, 1.807) is 0 Å². The normalized spacial score (nSPS) is 15.0. The van der Waals surface area contributed by atoms with Crippen LogP contribution in [-0.4, -0.2) is 11.7 Å². The Morgan fingerprint density at radius 3 is 2.38 bits per heavy atom. The third-order valence-electron chi connectivity index (χ3n) is 2.13. The Balaban J connectivity index is 2.74. The Kier molecular flexibility index (Phi) is 2.20. The van der Waals surface area contributed by atoms with E-state index < -0.39 is 29.0 Å². The maximum absolute atomic E-state index is 12.5. The predicted molar refractivity (Wildman–Crippen MR) is 49.4 cm³/mol. The van der Waals surface area contributed by atoms with Gasteiger partial charge < -0.3 is 5.32 Å². The summed E-state index contributed by atoms with van der Waals surface area (Å²) in [6.45, 7) is 0. The standard InChI is InChI=1S/C9H3ClF3NO2/c10-4-2-1-3(9(11,12)13)5-6(4)14-8(16)7(5)15/h1-2H,(H,14,15,16). The first-order valence-electron chi connectivity index (χ1n) is 4.07. The van der Waals surface area contributed by atoms with Crippen molar-refractivity contribution in [3.63, 3.8) is 0 Å². The fourth-order valence-electron chi connectivity index (χ4n) is 1.46. The molecule has 2 rings (SSSR count). The quantitative estimate of drug-likeness (QED) is 0.718. The van der Waals surface area contributed by atoms with Crippen LogP contribution in [0, 0.1) is 0 Å². The maximum atomic E-state index is 12.5. The molecule has 0 saturated heterocycles. The van der Waals surface area contributed by atoms with Crippen molar-refractivity contribution in [3.05, 3.63) is 28.3 Å². The topological polar surface area (TPSA) is 46.2 Å². The van der Waals surface area contributed by atoms with E-state index in [-0.39, 0.29) is 10.7 Å². The molecule has 0 unspecified atom stereocenters. The molecule has 1 heterocycles. The number of amides is 1. The summed E-state index contributed by atoms with van der Waals surface area (Å²) in [5, 5.41) is 1.91. The zero-order chi connectivity index (χ0) is 12.1. The Bertz CT molecular complexity index is 510. The molecule has 0 atom stereocenters. The lowest BCUT2D eigenvalue weighted by atomic mass is 10.0. The van der Waals surface area contributed by atoms with Crippen molar-refractivity contribution in [1.29, 1.82) is 0 Å². The van der Waals surface area contributed by atoms with E-state index in [0.29, 0.717) is 6.07 Å². The number of nitrogens with one attached hydrogen (secondary N) is 1. The number of anilines is 1. The van der Waals surface area contributed by atoms with Crippen molar-refractivity contribution < 1.29 is 22.8 Å². The second-order valence-corrected chi connectivity index (χ2v) is 3.53. The summed E-state index contributed by atoms with van der Waals surface area (Å²) in [6, 6.07) is 1.67. The Labute approximate surface area is 92.2 Å². The van der Waals surface area contributed by atoms with Gasteiger partial charge >= 0.3 is 6.18 Å². The van der Waals surface area contributed by atoms with Crippen molar-refractivity contribution >= 4 is 29.0 Å². The highest BCUT2D eigenvalue weighted by Gasteiger charge is 2.42. The SMILES string of the molecule is O=C1Nc2c(Cl)ccc(C(F)(F)F)c2C1=O. The molecule has 7 heteroatoms. The molecule has 0 bridgehead atoms. The summed E-state index contributed by atoms with van der Waals surface area (Å²) in [6.07, 6.45) is -4.70. The number of fused-ring (bicyclic) bond motifs is 1. The summed E-state index contributed by atoms with van der Waals surface area (Å²) >= 11 is 5.59. The first-order valence-corrected chi connectivity index (χ1v) is 4.45. The van der Waals surface area contributed by atoms with Crippen LogP contribution < -0.4 is 5.32 Å². The van der Waals surface area contributed by atoms with Crippen LogP contribution in [0.2, 0.25) is 5.02 Å². The third kappa shape index (κ3) is 1.46. The first kappa shape index (κ1) is 10.9. The van der Waals surface area contributed by atoms with E-state index in [0.717, 1.165) is 6.07 Å². The summed E-state index contributed by atoms with van der Waals surface area (Å²) in [4.78, 5) is 22.2. The lowest BCUT2D eigenvalue weighted by Crippen LogP contribution is -2.15. The van der Waals surface area contributed by atoms with Crippen LogP contribution in [0.25, 0.3) is 0 Å². The van der Waals surface area contributed by atoms with Crippen LogP contribution in [0.3, 0.4) is 0 Å². The van der Waals surface area contributed by atoms with Gasteiger partial charge in [-0.15, -0.1) is 0 Å². The van der Waals surface area contributed by atoms with Crippen LogP contribution in [0.5, 0.6) is 0 Å². The summed E-state index contributed by atoms with van der Waals surface area (Å²) in [5.41, 5.74) is -2.13. The smallest absolute Gasteiger partial charge is 0.317 e. The number of halogens is 4. The molecule has 0 spiro atoms. The summed E-state index contributed by atoms with van der Waals surface area (Å²) in [5.74, 6) is -2.32. The summed E-state index contributed by atoms with van der Waals surface area (Å²) in [7, 11) is 0. The molecule has 0 aliphatic carbocycles. The van der Waals surface area contributed by atoms with Gasteiger partial charge in [0.25, 0.3) is 11.7 Å². The molecule has 1 N–H and O–H groups in total. The minimum Gasteiger partial charge on any atom is -0.317 e. The molecule has 1 amide bonds. The van der Waals surface area contributed by atoms with Gasteiger partial charge in [-0.3, -0.25) is 9.59 Å². The number of ketones is 1. The molecular weight excluding hydrogens is 247 g/mol. The highest BCUT2D eigenvalue weighted by atomic mass is 35.5. The van der Waals surface area contributed by atoms with Gasteiger partial charge in [-0.25, -0.2) is 0 Å². The largest absolute Gasteiger partial charge is 0.417 e. The highest BCUT2D eigenvalue weighted by molar-refractivity contribution is 6.53. The second kappa shape index (κ2) is 3.21. The van der Waals surface area contributed by atoms with E-state index in [1.165, 1.54) is 0 Å². The van der Waals surface area contributed by atoms with Crippen molar-refractivity contribution in [2.45, 2.75) is 6.18 Å². The van der Waals surface area contributed by atoms with Gasteiger partial charge in [-0.1, -0.05) is 11.6 Å². The lowest BCUT2D eigenvalue weighted by molar-refractivity contribution is -0.137. The number of rotatable bonds is 0.